The van der Waals surface area contributed by atoms with E-state index in [2.05, 4.69) is 30.4 Å². The summed E-state index contributed by atoms with van der Waals surface area (Å²) in [6, 6.07) is 4.88. The molecule has 0 saturated carbocycles. The minimum atomic E-state index is -1.46. The maximum Gasteiger partial charge on any atom is 0.411 e. The first-order valence-corrected chi connectivity index (χ1v) is 10.2. The molecule has 0 unspecified atom stereocenters. The average Bonchev–Trinajstić information content (AvgIpc) is 2.84. The number of carbonyl (C=O) groups is 5. The Morgan fingerprint density at radius 1 is 0.771 bits per heavy atom. The molecule has 11 heteroatoms. The lowest BCUT2D eigenvalue weighted by Gasteiger charge is -2.31. The molecule has 0 heterocycles. The summed E-state index contributed by atoms with van der Waals surface area (Å²) in [6.07, 6.45) is 1.83. The number of rotatable bonds is 13. The first-order valence-electron chi connectivity index (χ1n) is 10.2. The number of nitrogens with one attached hydrogen (secondary N) is 2. The monoisotopic (exact) mass is 488 g/mol. The summed E-state index contributed by atoms with van der Waals surface area (Å²) < 4.78 is 20.5. The van der Waals surface area contributed by atoms with Crippen LogP contribution in [-0.4, -0.2) is 56.3 Å². The number of hydrogen-bond donors (Lipinski definition) is 2. The quantitative estimate of drug-likeness (QED) is 0.243. The molecule has 1 rings (SSSR count). The number of benzene rings is 1. The predicted molar refractivity (Wildman–Crippen MR) is 126 cm³/mol. The van der Waals surface area contributed by atoms with E-state index in [1.165, 1.54) is 6.92 Å². The highest BCUT2D eigenvalue weighted by Crippen LogP contribution is 2.25. The number of hydrogen-bond acceptors (Lipinski definition) is 9. The molecule has 0 aliphatic rings. The Hall–Kier alpha value is -4.41. The highest BCUT2D eigenvalue weighted by Gasteiger charge is 2.37. The van der Waals surface area contributed by atoms with Gasteiger partial charge in [0.2, 0.25) is 5.91 Å². The van der Waals surface area contributed by atoms with E-state index in [1.54, 1.807) is 25.1 Å². The smallest absolute Gasteiger partial charge is 0.411 e. The van der Waals surface area contributed by atoms with E-state index < -0.39 is 55.8 Å². The molecule has 1 aromatic carbocycles. The third-order valence-corrected chi connectivity index (χ3v) is 4.45. The number of carbonyl (C=O) groups excluding carboxylic acids is 5. The zero-order valence-corrected chi connectivity index (χ0v) is 19.6. The van der Waals surface area contributed by atoms with E-state index in [1.807, 2.05) is 0 Å². The molecular weight excluding hydrogens is 460 g/mol. The molecule has 0 atom stereocenters. The SMILES string of the molecule is C=CC(=O)OCC(COC(=O)C=C)(COC(=O)C=C)COC(=O)Nc1cccc(NC(C)=O)c1C. The zero-order valence-electron chi connectivity index (χ0n) is 19.6. The van der Waals surface area contributed by atoms with Gasteiger partial charge in [-0.3, -0.25) is 10.1 Å². The summed E-state index contributed by atoms with van der Waals surface area (Å²) >= 11 is 0. The summed E-state index contributed by atoms with van der Waals surface area (Å²) in [5.74, 6) is -2.67. The van der Waals surface area contributed by atoms with Crippen molar-refractivity contribution in [2.24, 2.45) is 5.41 Å². The van der Waals surface area contributed by atoms with Gasteiger partial charge in [0.25, 0.3) is 0 Å². The average molecular weight is 488 g/mol. The molecule has 1 aromatic rings. The van der Waals surface area contributed by atoms with Gasteiger partial charge in [-0.05, 0) is 24.6 Å². The van der Waals surface area contributed by atoms with Crippen LogP contribution in [0.1, 0.15) is 12.5 Å². The van der Waals surface area contributed by atoms with Crippen molar-refractivity contribution in [2.75, 3.05) is 37.1 Å². The van der Waals surface area contributed by atoms with Crippen LogP contribution in [0.4, 0.5) is 16.2 Å². The number of amides is 2. The maximum absolute atomic E-state index is 12.5. The minimum absolute atomic E-state index is 0.283. The molecular formula is C24H28N2O9. The van der Waals surface area contributed by atoms with Gasteiger partial charge >= 0.3 is 24.0 Å². The standard InChI is InChI=1S/C24H28N2O9/c1-6-20(28)32-12-24(13-33-21(29)7-2,14-34-22(30)8-3)15-35-23(31)26-19-11-9-10-18(16(19)4)25-17(5)27/h6-11H,1-3,12-15H2,4-5H3,(H,25,27)(H,26,31). The molecule has 0 saturated heterocycles. The third-order valence-electron chi connectivity index (χ3n) is 4.45. The lowest BCUT2D eigenvalue weighted by molar-refractivity contribution is -0.158. The number of anilines is 2. The van der Waals surface area contributed by atoms with Crippen LogP contribution in [0.15, 0.2) is 56.2 Å². The van der Waals surface area contributed by atoms with E-state index in [0.717, 1.165) is 18.2 Å². The van der Waals surface area contributed by atoms with Crippen LogP contribution in [0.25, 0.3) is 0 Å². The van der Waals surface area contributed by atoms with Gasteiger partial charge in [0.15, 0.2) is 0 Å². The first-order chi connectivity index (χ1) is 16.6. The summed E-state index contributed by atoms with van der Waals surface area (Å²) in [6.45, 7) is 11.1. The Morgan fingerprint density at radius 2 is 1.17 bits per heavy atom. The number of ether oxygens (including phenoxy) is 4. The summed E-state index contributed by atoms with van der Waals surface area (Å²) in [7, 11) is 0. The first kappa shape index (κ1) is 28.6. The van der Waals surface area contributed by atoms with Gasteiger partial charge in [0.1, 0.15) is 31.8 Å². The Morgan fingerprint density at radius 3 is 1.57 bits per heavy atom. The molecule has 0 bridgehead atoms. The summed E-state index contributed by atoms with van der Waals surface area (Å²) in [5.41, 5.74) is -0.0270. The van der Waals surface area contributed by atoms with Crippen molar-refractivity contribution in [1.82, 2.24) is 0 Å². The molecule has 0 fully saturated rings. The van der Waals surface area contributed by atoms with E-state index in [4.69, 9.17) is 18.9 Å². The van der Waals surface area contributed by atoms with Gasteiger partial charge in [0.05, 0.1) is 0 Å². The topological polar surface area (TPSA) is 146 Å². The molecule has 2 amide bonds. The molecule has 0 spiro atoms. The fourth-order valence-electron chi connectivity index (χ4n) is 2.56. The molecule has 35 heavy (non-hydrogen) atoms. The Labute approximate surface area is 202 Å². The van der Waals surface area contributed by atoms with Gasteiger partial charge in [-0.15, -0.1) is 0 Å². The molecule has 0 aromatic heterocycles. The lowest BCUT2D eigenvalue weighted by Crippen LogP contribution is -2.44. The van der Waals surface area contributed by atoms with Crippen LogP contribution in [0.5, 0.6) is 0 Å². The van der Waals surface area contributed by atoms with Crippen molar-refractivity contribution in [1.29, 1.82) is 0 Å². The highest BCUT2D eigenvalue weighted by atomic mass is 16.6. The second kappa shape index (κ2) is 14.0. The van der Waals surface area contributed by atoms with Crippen LogP contribution in [0, 0.1) is 12.3 Å². The van der Waals surface area contributed by atoms with Crippen molar-refractivity contribution >= 4 is 41.3 Å². The van der Waals surface area contributed by atoms with E-state index in [-0.39, 0.29) is 5.91 Å². The Bertz CT molecular complexity index is 941. The fourth-order valence-corrected chi connectivity index (χ4v) is 2.56. The molecule has 0 aliphatic heterocycles. The van der Waals surface area contributed by atoms with Crippen molar-refractivity contribution in [3.05, 3.63) is 61.7 Å². The molecule has 188 valence electrons. The van der Waals surface area contributed by atoms with E-state index >= 15 is 0 Å². The normalized spacial score (nSPS) is 10.2. The number of esters is 3. The molecule has 0 radical (unpaired) electrons. The van der Waals surface area contributed by atoms with Crippen molar-refractivity contribution in [3.63, 3.8) is 0 Å². The van der Waals surface area contributed by atoms with Gasteiger partial charge in [-0.25, -0.2) is 19.2 Å². The third kappa shape index (κ3) is 9.95. The van der Waals surface area contributed by atoms with Crippen molar-refractivity contribution < 1.29 is 42.9 Å². The lowest BCUT2D eigenvalue weighted by atomic mass is 9.92. The maximum atomic E-state index is 12.5. The van der Waals surface area contributed by atoms with Crippen molar-refractivity contribution in [2.45, 2.75) is 13.8 Å². The molecule has 11 nitrogen and oxygen atoms in total. The van der Waals surface area contributed by atoms with Gasteiger partial charge in [0, 0.05) is 36.5 Å². The van der Waals surface area contributed by atoms with Crippen LogP contribution in [0.2, 0.25) is 0 Å². The molecule has 2 N–H and O–H groups in total. The van der Waals surface area contributed by atoms with Gasteiger partial charge in [-0.1, -0.05) is 25.8 Å². The van der Waals surface area contributed by atoms with Crippen LogP contribution in [-0.2, 0) is 38.1 Å². The van der Waals surface area contributed by atoms with Crippen LogP contribution in [0.3, 0.4) is 0 Å². The Kier molecular flexibility index (Phi) is 11.4. The zero-order chi connectivity index (χ0) is 26.4. The highest BCUT2D eigenvalue weighted by molar-refractivity contribution is 5.93. The fraction of sp³-hybridized carbons (Fsp3) is 0.292. The van der Waals surface area contributed by atoms with E-state index in [0.29, 0.717) is 16.9 Å². The van der Waals surface area contributed by atoms with E-state index in [9.17, 15) is 24.0 Å². The Balaban J connectivity index is 3.08. The second-order valence-electron chi connectivity index (χ2n) is 7.30. The second-order valence-corrected chi connectivity index (χ2v) is 7.30. The van der Waals surface area contributed by atoms with Gasteiger partial charge in [-0.2, -0.15) is 0 Å². The predicted octanol–water partition coefficient (Wildman–Crippen LogP) is 2.68. The van der Waals surface area contributed by atoms with Crippen molar-refractivity contribution in [3.8, 4) is 0 Å². The van der Waals surface area contributed by atoms with Gasteiger partial charge < -0.3 is 24.3 Å². The van der Waals surface area contributed by atoms with Crippen LogP contribution >= 0.6 is 0 Å². The van der Waals surface area contributed by atoms with Crippen LogP contribution < -0.4 is 10.6 Å². The minimum Gasteiger partial charge on any atom is -0.462 e. The summed E-state index contributed by atoms with van der Waals surface area (Å²) in [4.78, 5) is 58.8. The summed E-state index contributed by atoms with van der Waals surface area (Å²) in [5, 5.41) is 5.18. The molecule has 0 aliphatic carbocycles. The largest absolute Gasteiger partial charge is 0.462 e.